The smallest absolute Gasteiger partial charge is 0.155 e. The molecular formula is C60H39N3O. The van der Waals surface area contributed by atoms with Gasteiger partial charge in [-0.25, -0.2) is 4.99 Å². The van der Waals surface area contributed by atoms with E-state index < -0.39 is 0 Å². The highest BCUT2D eigenvalue weighted by Crippen LogP contribution is 2.45. The Kier molecular flexibility index (Phi) is 7.47. The topological polar surface area (TPSA) is 42.3 Å². The van der Waals surface area contributed by atoms with Crippen molar-refractivity contribution < 1.29 is 4.42 Å². The van der Waals surface area contributed by atoms with E-state index in [1.807, 2.05) is 12.1 Å². The molecule has 2 unspecified atom stereocenters. The molecule has 14 rings (SSSR count). The summed E-state index contributed by atoms with van der Waals surface area (Å²) in [6.45, 7) is 2.28. The third-order valence-corrected chi connectivity index (χ3v) is 14.1. The van der Waals surface area contributed by atoms with Crippen LogP contribution in [0.1, 0.15) is 36.1 Å². The van der Waals surface area contributed by atoms with Crippen molar-refractivity contribution >= 4 is 104 Å². The summed E-state index contributed by atoms with van der Waals surface area (Å²) in [5.41, 5.74) is 12.3. The van der Waals surface area contributed by atoms with Crippen molar-refractivity contribution in [2.24, 2.45) is 15.9 Å². The predicted octanol–water partition coefficient (Wildman–Crippen LogP) is 15.9. The average molecular weight is 818 g/mol. The molecule has 0 fully saturated rings. The van der Waals surface area contributed by atoms with E-state index >= 15 is 0 Å². The van der Waals surface area contributed by atoms with Crippen LogP contribution in [0.4, 0.5) is 0 Å². The normalized spacial score (nSPS) is 15.8. The number of benzene rings is 10. The van der Waals surface area contributed by atoms with Crippen molar-refractivity contribution in [1.82, 2.24) is 4.40 Å². The lowest BCUT2D eigenvalue weighted by Crippen LogP contribution is -2.28. The second-order valence-corrected chi connectivity index (χ2v) is 17.5. The van der Waals surface area contributed by atoms with Gasteiger partial charge in [-0.3, -0.25) is 4.99 Å². The van der Waals surface area contributed by atoms with Crippen LogP contribution in [-0.2, 0) is 0 Å². The first-order valence-electron chi connectivity index (χ1n) is 22.4. The van der Waals surface area contributed by atoms with Gasteiger partial charge in [-0.2, -0.15) is 0 Å². The molecule has 13 aromatic rings. The maximum Gasteiger partial charge on any atom is 0.155 e. The van der Waals surface area contributed by atoms with Gasteiger partial charge in [0.05, 0.1) is 28.3 Å². The van der Waals surface area contributed by atoms with Crippen LogP contribution in [0.2, 0.25) is 0 Å². The minimum absolute atomic E-state index is 0.0529. The summed E-state index contributed by atoms with van der Waals surface area (Å²) < 4.78 is 8.85. The van der Waals surface area contributed by atoms with Gasteiger partial charge in [-0.05, 0) is 104 Å². The highest BCUT2D eigenvalue weighted by atomic mass is 16.3. The summed E-state index contributed by atoms with van der Waals surface area (Å²) in [4.78, 5) is 11.1. The molecule has 1 aliphatic heterocycles. The van der Waals surface area contributed by atoms with Gasteiger partial charge in [0, 0.05) is 49.4 Å². The number of para-hydroxylation sites is 3. The summed E-state index contributed by atoms with van der Waals surface area (Å²) in [6, 6.07) is 70.7. The van der Waals surface area contributed by atoms with E-state index in [0.29, 0.717) is 0 Å². The number of amidine groups is 1. The van der Waals surface area contributed by atoms with E-state index in [4.69, 9.17) is 14.4 Å². The molecule has 0 N–H and O–H groups in total. The van der Waals surface area contributed by atoms with Gasteiger partial charge in [0.15, 0.2) is 5.84 Å². The van der Waals surface area contributed by atoms with Gasteiger partial charge in [0.25, 0.3) is 0 Å². The van der Waals surface area contributed by atoms with Crippen molar-refractivity contribution in [2.45, 2.75) is 19.4 Å². The Bertz CT molecular complexity index is 4050. The molecule has 10 aromatic carbocycles. The van der Waals surface area contributed by atoms with Gasteiger partial charge in [0.2, 0.25) is 0 Å². The second kappa shape index (κ2) is 13.5. The molecule has 3 aromatic heterocycles. The molecule has 64 heavy (non-hydrogen) atoms. The number of nitrogens with zero attached hydrogens (tertiary/aromatic N) is 3. The highest BCUT2D eigenvalue weighted by Gasteiger charge is 2.33. The summed E-state index contributed by atoms with van der Waals surface area (Å²) in [5.74, 6) is 0.781. The lowest BCUT2D eigenvalue weighted by atomic mass is 9.80. The molecule has 1 aliphatic rings. The van der Waals surface area contributed by atoms with Crippen LogP contribution in [0, 0.1) is 5.92 Å². The number of rotatable bonds is 5. The van der Waals surface area contributed by atoms with Crippen molar-refractivity contribution in [1.29, 1.82) is 0 Å². The van der Waals surface area contributed by atoms with E-state index in [2.05, 4.69) is 193 Å². The van der Waals surface area contributed by atoms with Gasteiger partial charge in [-0.15, -0.1) is 0 Å². The first kappa shape index (κ1) is 35.5. The maximum atomic E-state index is 6.40. The summed E-state index contributed by atoms with van der Waals surface area (Å²) >= 11 is 0. The number of aromatic nitrogens is 1. The molecular weight excluding hydrogens is 779 g/mol. The minimum atomic E-state index is -0.114. The Hall–Kier alpha value is -8.08. The Morgan fingerprint density at radius 2 is 1.03 bits per heavy atom. The Morgan fingerprint density at radius 1 is 0.453 bits per heavy atom. The molecule has 4 nitrogen and oxygen atoms in total. The molecule has 2 atom stereocenters. The molecule has 0 aliphatic carbocycles. The molecule has 0 bridgehead atoms. The van der Waals surface area contributed by atoms with Crippen LogP contribution < -0.4 is 0 Å². The number of aliphatic imine (C=N–C) groups is 2. The van der Waals surface area contributed by atoms with E-state index in [1.54, 1.807) is 0 Å². The third kappa shape index (κ3) is 4.99. The fourth-order valence-corrected chi connectivity index (χ4v) is 11.2. The van der Waals surface area contributed by atoms with Crippen LogP contribution in [-0.4, -0.2) is 15.9 Å². The van der Waals surface area contributed by atoms with Crippen LogP contribution in [0.15, 0.2) is 209 Å². The summed E-state index contributed by atoms with van der Waals surface area (Å²) in [6.07, 6.45) is 0.883. The quantitative estimate of drug-likeness (QED) is 0.160. The van der Waals surface area contributed by atoms with E-state index in [-0.39, 0.29) is 12.0 Å². The Labute approximate surface area is 368 Å². The lowest BCUT2D eigenvalue weighted by Gasteiger charge is -2.30. The molecule has 4 heterocycles. The second-order valence-electron chi connectivity index (χ2n) is 17.5. The van der Waals surface area contributed by atoms with Gasteiger partial charge >= 0.3 is 0 Å². The first-order valence-corrected chi connectivity index (χ1v) is 22.4. The molecule has 0 radical (unpaired) electrons. The number of hydrogen-bond donors (Lipinski definition) is 0. The molecule has 0 saturated carbocycles. The molecule has 0 spiro atoms. The fourth-order valence-electron chi connectivity index (χ4n) is 11.2. The van der Waals surface area contributed by atoms with Crippen LogP contribution in [0.3, 0.4) is 0 Å². The van der Waals surface area contributed by atoms with Gasteiger partial charge in [0.1, 0.15) is 11.2 Å². The maximum absolute atomic E-state index is 6.40. The SMILES string of the molecule is CCC1C(c2cccc3c4cc(-c5cc6c7ccccc7n7c8ccccc8c(c5)c67)ccc4c4ccccc4c23)=NC(c2ccc3c(c2)oc2ccccc23)=NC1c1ccccc1. The zero-order valence-electron chi connectivity index (χ0n) is 35.1. The van der Waals surface area contributed by atoms with Gasteiger partial charge in [-0.1, -0.05) is 153 Å². The largest absolute Gasteiger partial charge is 0.456 e. The summed E-state index contributed by atoms with van der Waals surface area (Å²) in [5, 5.41) is 14.8. The van der Waals surface area contributed by atoms with Crippen molar-refractivity contribution in [2.75, 3.05) is 0 Å². The monoisotopic (exact) mass is 817 g/mol. The molecule has 0 saturated heterocycles. The van der Waals surface area contributed by atoms with Crippen molar-refractivity contribution in [3.8, 4) is 11.1 Å². The molecule has 0 amide bonds. The van der Waals surface area contributed by atoms with Gasteiger partial charge < -0.3 is 8.82 Å². The van der Waals surface area contributed by atoms with E-state index in [1.165, 1.54) is 87.1 Å². The van der Waals surface area contributed by atoms with Crippen LogP contribution in [0.25, 0.3) is 103 Å². The number of furan rings is 1. The van der Waals surface area contributed by atoms with E-state index in [0.717, 1.165) is 51.0 Å². The fraction of sp³-hybridized carbons (Fsp3) is 0.0667. The third-order valence-electron chi connectivity index (χ3n) is 14.1. The predicted molar refractivity (Wildman–Crippen MR) is 269 cm³/mol. The number of hydrogen-bond acceptors (Lipinski definition) is 3. The first-order chi connectivity index (χ1) is 31.7. The molecule has 300 valence electrons. The zero-order chi connectivity index (χ0) is 42.0. The Balaban J connectivity index is 1.01. The van der Waals surface area contributed by atoms with Crippen molar-refractivity contribution in [3.05, 3.63) is 211 Å². The zero-order valence-corrected chi connectivity index (χ0v) is 35.1. The van der Waals surface area contributed by atoms with E-state index in [9.17, 15) is 0 Å². The number of fused-ring (bicyclic) bond motifs is 15. The summed E-state index contributed by atoms with van der Waals surface area (Å²) in [7, 11) is 0. The average Bonchev–Trinajstić information content (AvgIpc) is 4.02. The molecule has 4 heteroatoms. The minimum Gasteiger partial charge on any atom is -0.456 e. The lowest BCUT2D eigenvalue weighted by molar-refractivity contribution is 0.533. The standard InChI is InChI=1S/C60H39N3O/c1-2-39-57(35-15-4-3-5-16-35)61-60(37-28-30-45-44-20-10-13-26-54(44)64-55(45)34-37)62-58(39)48-23-14-22-47-49-31-36(27-29-41(49)40-17-6-7-21-46(40)56(47)48)38-32-50-42-18-8-11-24-52(42)63-53-25-12-9-19-43(53)51(33-38)59(50)63/h3-34,39,57H,2H2,1H3. The highest BCUT2D eigenvalue weighted by molar-refractivity contribution is 6.32. The van der Waals surface area contributed by atoms with Crippen molar-refractivity contribution in [3.63, 3.8) is 0 Å². The van der Waals surface area contributed by atoms with Crippen LogP contribution in [0.5, 0.6) is 0 Å². The Morgan fingerprint density at radius 3 is 1.80 bits per heavy atom. The van der Waals surface area contributed by atoms with Crippen LogP contribution >= 0.6 is 0 Å².